The van der Waals surface area contributed by atoms with E-state index in [1.165, 1.54) is 17.7 Å². The van der Waals surface area contributed by atoms with Gasteiger partial charge in [-0.3, -0.25) is 0 Å². The fourth-order valence-electron chi connectivity index (χ4n) is 1.05. The van der Waals surface area contributed by atoms with E-state index >= 15 is 0 Å². The second kappa shape index (κ2) is 12.4. The van der Waals surface area contributed by atoms with Crippen LogP contribution < -0.4 is 0 Å². The summed E-state index contributed by atoms with van der Waals surface area (Å²) >= 11 is 0. The third-order valence-corrected chi connectivity index (χ3v) is 1.98. The maximum absolute atomic E-state index is 10.8. The Labute approximate surface area is 125 Å². The summed E-state index contributed by atoms with van der Waals surface area (Å²) in [5.74, 6) is -1.22. The standard InChI is InChI=1S/C10H12O4.C7H8/c1-3-7-13-9(11)5-6-10(12)14-8-4-2;1-7-5-3-2-4-6-7/h3-6H,1-2,7-8H2;2-6H,1H3. The molecule has 0 heterocycles. The van der Waals surface area contributed by atoms with Gasteiger partial charge in [0.15, 0.2) is 0 Å². The molecule has 0 spiro atoms. The van der Waals surface area contributed by atoms with Crippen LogP contribution in [0.4, 0.5) is 0 Å². The van der Waals surface area contributed by atoms with E-state index in [2.05, 4.69) is 41.7 Å². The number of ether oxygens (including phenoxy) is 2. The number of hydrogen-bond donors (Lipinski definition) is 0. The zero-order chi connectivity index (χ0) is 15.9. The molecule has 1 aromatic carbocycles. The molecule has 0 aliphatic rings. The molecule has 0 N–H and O–H groups in total. The van der Waals surface area contributed by atoms with Gasteiger partial charge in [-0.2, -0.15) is 0 Å². The van der Waals surface area contributed by atoms with Crippen LogP contribution in [-0.2, 0) is 19.1 Å². The zero-order valence-corrected chi connectivity index (χ0v) is 12.2. The molecule has 112 valence electrons. The van der Waals surface area contributed by atoms with E-state index in [4.69, 9.17) is 0 Å². The summed E-state index contributed by atoms with van der Waals surface area (Å²) in [7, 11) is 0. The SMILES string of the molecule is C=CCOC(=O)C=CC(=O)OCC=C.Cc1ccccc1. The van der Waals surface area contributed by atoms with E-state index < -0.39 is 11.9 Å². The van der Waals surface area contributed by atoms with Gasteiger partial charge in [-0.15, -0.1) is 0 Å². The van der Waals surface area contributed by atoms with E-state index in [-0.39, 0.29) is 13.2 Å². The van der Waals surface area contributed by atoms with Gasteiger partial charge in [-0.1, -0.05) is 61.2 Å². The van der Waals surface area contributed by atoms with Gasteiger partial charge in [0.2, 0.25) is 0 Å². The normalized spacial score (nSPS) is 9.19. The van der Waals surface area contributed by atoms with E-state index in [0.29, 0.717) is 0 Å². The summed E-state index contributed by atoms with van der Waals surface area (Å²) in [6.07, 6.45) is 4.85. The van der Waals surface area contributed by atoms with Crippen molar-refractivity contribution in [2.24, 2.45) is 0 Å². The van der Waals surface area contributed by atoms with Crippen LogP contribution in [-0.4, -0.2) is 25.2 Å². The average molecular weight is 288 g/mol. The number of rotatable bonds is 6. The second-order valence-corrected chi connectivity index (χ2v) is 3.83. The molecule has 1 rings (SSSR count). The van der Waals surface area contributed by atoms with Crippen molar-refractivity contribution >= 4 is 11.9 Å². The first-order valence-corrected chi connectivity index (χ1v) is 6.35. The molecular formula is C17H20O4. The largest absolute Gasteiger partial charge is 0.458 e. The molecule has 0 fully saturated rings. The number of carbonyl (C=O) groups is 2. The lowest BCUT2D eigenvalue weighted by Crippen LogP contribution is -2.04. The van der Waals surface area contributed by atoms with E-state index in [1.54, 1.807) is 0 Å². The predicted molar refractivity (Wildman–Crippen MR) is 82.6 cm³/mol. The van der Waals surface area contributed by atoms with Crippen LogP contribution in [0.1, 0.15) is 5.56 Å². The summed E-state index contributed by atoms with van der Waals surface area (Å²) < 4.78 is 9.15. The number of carbonyl (C=O) groups excluding carboxylic acids is 2. The van der Waals surface area contributed by atoms with Gasteiger partial charge in [-0.25, -0.2) is 9.59 Å². The van der Waals surface area contributed by atoms with Crippen molar-refractivity contribution in [2.75, 3.05) is 13.2 Å². The third kappa shape index (κ3) is 12.2. The Kier molecular flexibility index (Phi) is 10.9. The average Bonchev–Trinajstić information content (AvgIpc) is 2.50. The Morgan fingerprint density at radius 3 is 1.67 bits per heavy atom. The van der Waals surface area contributed by atoms with Crippen LogP contribution in [0.5, 0.6) is 0 Å². The first kappa shape index (κ1) is 18.4. The lowest BCUT2D eigenvalue weighted by Gasteiger charge is -1.96. The molecule has 21 heavy (non-hydrogen) atoms. The number of benzene rings is 1. The summed E-state index contributed by atoms with van der Waals surface area (Å²) in [5.41, 5.74) is 1.32. The minimum atomic E-state index is -0.611. The zero-order valence-electron chi connectivity index (χ0n) is 12.2. The molecule has 0 bridgehead atoms. The summed E-state index contributed by atoms with van der Waals surface area (Å²) in [6.45, 7) is 9.04. The van der Waals surface area contributed by atoms with Crippen LogP contribution in [0.2, 0.25) is 0 Å². The van der Waals surface area contributed by atoms with Gasteiger partial charge in [0.25, 0.3) is 0 Å². The van der Waals surface area contributed by atoms with E-state index in [1.807, 2.05) is 18.2 Å². The van der Waals surface area contributed by atoms with Gasteiger partial charge < -0.3 is 9.47 Å². The molecular weight excluding hydrogens is 268 g/mol. The molecule has 0 aliphatic carbocycles. The second-order valence-electron chi connectivity index (χ2n) is 3.83. The van der Waals surface area contributed by atoms with Crippen LogP contribution in [0.15, 0.2) is 67.8 Å². The molecule has 4 heteroatoms. The van der Waals surface area contributed by atoms with Gasteiger partial charge in [0.05, 0.1) is 0 Å². The molecule has 0 unspecified atom stereocenters. The van der Waals surface area contributed by atoms with Crippen LogP contribution in [0, 0.1) is 6.92 Å². The van der Waals surface area contributed by atoms with Crippen molar-refractivity contribution in [1.82, 2.24) is 0 Å². The van der Waals surface area contributed by atoms with E-state index in [0.717, 1.165) is 12.2 Å². The van der Waals surface area contributed by atoms with Crippen molar-refractivity contribution in [1.29, 1.82) is 0 Å². The molecule has 1 aromatic rings. The summed E-state index contributed by atoms with van der Waals surface area (Å²) in [6, 6.07) is 10.3. The molecule has 0 amide bonds. The molecule has 0 aromatic heterocycles. The molecule has 0 saturated heterocycles. The van der Waals surface area contributed by atoms with Gasteiger partial charge >= 0.3 is 11.9 Å². The van der Waals surface area contributed by atoms with Crippen molar-refractivity contribution in [2.45, 2.75) is 6.92 Å². The Balaban J connectivity index is 0.000000471. The lowest BCUT2D eigenvalue weighted by atomic mass is 10.2. The number of hydrogen-bond acceptors (Lipinski definition) is 4. The maximum atomic E-state index is 10.8. The highest BCUT2D eigenvalue weighted by atomic mass is 16.5. The third-order valence-electron chi connectivity index (χ3n) is 1.98. The molecule has 4 nitrogen and oxygen atoms in total. The van der Waals surface area contributed by atoms with Crippen LogP contribution in [0.25, 0.3) is 0 Å². The predicted octanol–water partition coefficient (Wildman–Crippen LogP) is 3.00. The molecule has 0 aliphatic heterocycles. The van der Waals surface area contributed by atoms with Crippen molar-refractivity contribution in [3.63, 3.8) is 0 Å². The fraction of sp³-hybridized carbons (Fsp3) is 0.176. The summed E-state index contributed by atoms with van der Waals surface area (Å²) in [5, 5.41) is 0. The number of aryl methyl sites for hydroxylation is 1. The highest BCUT2D eigenvalue weighted by Crippen LogP contribution is 1.92. The Morgan fingerprint density at radius 1 is 0.952 bits per heavy atom. The highest BCUT2D eigenvalue weighted by molar-refractivity contribution is 5.91. The van der Waals surface area contributed by atoms with Gasteiger partial charge in [0, 0.05) is 12.2 Å². The Bertz CT molecular complexity index is 449. The van der Waals surface area contributed by atoms with Crippen molar-refractivity contribution in [3.8, 4) is 0 Å². The summed E-state index contributed by atoms with van der Waals surface area (Å²) in [4.78, 5) is 21.6. The molecule has 0 atom stereocenters. The smallest absolute Gasteiger partial charge is 0.331 e. The first-order valence-electron chi connectivity index (χ1n) is 6.35. The minimum absolute atomic E-state index is 0.116. The Morgan fingerprint density at radius 2 is 1.38 bits per heavy atom. The minimum Gasteiger partial charge on any atom is -0.458 e. The maximum Gasteiger partial charge on any atom is 0.331 e. The van der Waals surface area contributed by atoms with Gasteiger partial charge in [-0.05, 0) is 6.92 Å². The highest BCUT2D eigenvalue weighted by Gasteiger charge is 1.98. The monoisotopic (exact) mass is 288 g/mol. The Hall–Kier alpha value is -2.62. The van der Waals surface area contributed by atoms with Crippen LogP contribution in [0.3, 0.4) is 0 Å². The molecule has 0 saturated carbocycles. The topological polar surface area (TPSA) is 52.6 Å². The van der Waals surface area contributed by atoms with Gasteiger partial charge in [0.1, 0.15) is 13.2 Å². The molecule has 0 radical (unpaired) electrons. The van der Waals surface area contributed by atoms with Crippen molar-refractivity contribution in [3.05, 3.63) is 73.4 Å². The van der Waals surface area contributed by atoms with E-state index in [9.17, 15) is 9.59 Å². The first-order chi connectivity index (χ1) is 10.1. The van der Waals surface area contributed by atoms with Crippen molar-refractivity contribution < 1.29 is 19.1 Å². The quantitative estimate of drug-likeness (QED) is 0.459. The fourth-order valence-corrected chi connectivity index (χ4v) is 1.05. The van der Waals surface area contributed by atoms with Crippen LogP contribution >= 0.6 is 0 Å². The lowest BCUT2D eigenvalue weighted by molar-refractivity contribution is -0.139. The number of esters is 2.